The van der Waals surface area contributed by atoms with Gasteiger partial charge in [0.1, 0.15) is 0 Å². The summed E-state index contributed by atoms with van der Waals surface area (Å²) >= 11 is 0. The maximum absolute atomic E-state index is 2.41. The van der Waals surface area contributed by atoms with Crippen LogP contribution in [0.2, 0.25) is 0 Å². The number of anilines is 3. The monoisotopic (exact) mass is 656 g/mol. The third-order valence-electron chi connectivity index (χ3n) is 10.9. The summed E-state index contributed by atoms with van der Waals surface area (Å²) in [6, 6.07) is 62.2. The zero-order chi connectivity index (χ0) is 34.7. The van der Waals surface area contributed by atoms with Gasteiger partial charge >= 0.3 is 0 Å². The van der Waals surface area contributed by atoms with Crippen LogP contribution in [-0.4, -0.2) is 4.57 Å². The average Bonchev–Trinajstić information content (AvgIpc) is 3.59. The van der Waals surface area contributed by atoms with Crippen LogP contribution in [0, 0.1) is 6.92 Å². The summed E-state index contributed by atoms with van der Waals surface area (Å²) in [7, 11) is 2.19. The highest BCUT2D eigenvalue weighted by Gasteiger charge is 2.35. The third kappa shape index (κ3) is 5.10. The predicted molar refractivity (Wildman–Crippen MR) is 216 cm³/mol. The fourth-order valence-electron chi connectivity index (χ4n) is 8.27. The van der Waals surface area contributed by atoms with Crippen molar-refractivity contribution in [1.29, 1.82) is 0 Å². The molecule has 0 aliphatic heterocycles. The second kappa shape index (κ2) is 12.0. The molecular formula is C49H40N2. The smallest absolute Gasteiger partial charge is 0.0568 e. The van der Waals surface area contributed by atoms with Gasteiger partial charge in [0.05, 0.1) is 5.69 Å². The minimum absolute atomic E-state index is 0.0883. The van der Waals surface area contributed by atoms with E-state index in [-0.39, 0.29) is 5.41 Å². The van der Waals surface area contributed by atoms with Crippen LogP contribution in [-0.2, 0) is 12.5 Å². The van der Waals surface area contributed by atoms with Gasteiger partial charge in [-0.2, -0.15) is 0 Å². The van der Waals surface area contributed by atoms with E-state index in [4.69, 9.17) is 0 Å². The Morgan fingerprint density at radius 2 is 1.02 bits per heavy atom. The SMILES string of the molecule is Cc1ccc2c(c1)c(-c1ccc(N(c3ccc(-c4ccccc4)cc3)c3ccc4c(c3)C(C)(C)c3ccccc3-4)cc1)c(-c1ccccc1)n2C. The Balaban J connectivity index is 1.19. The Kier molecular flexibility index (Phi) is 7.29. The molecule has 0 N–H and O–H groups in total. The van der Waals surface area contributed by atoms with Gasteiger partial charge in [-0.15, -0.1) is 0 Å². The number of rotatable bonds is 6. The zero-order valence-corrected chi connectivity index (χ0v) is 29.6. The Bertz CT molecular complexity index is 2540. The lowest BCUT2D eigenvalue weighted by Gasteiger charge is -2.28. The van der Waals surface area contributed by atoms with Crippen molar-refractivity contribution >= 4 is 28.0 Å². The minimum atomic E-state index is -0.0883. The van der Waals surface area contributed by atoms with Crippen molar-refractivity contribution in [3.63, 3.8) is 0 Å². The van der Waals surface area contributed by atoms with E-state index in [1.165, 1.54) is 72.2 Å². The standard InChI is InChI=1S/C49H40N2/c1-33-19-30-46-43(31-33)47(48(50(46)4)37-15-9-6-10-16-37)36-22-26-39(27-23-36)51(38-24-20-35(21-25-38)34-13-7-5-8-14-34)40-28-29-42-41-17-11-12-18-44(41)49(2,3)45(42)32-40/h5-32H,1-4H3. The van der Waals surface area contributed by atoms with Crippen LogP contribution in [0.3, 0.4) is 0 Å². The third-order valence-corrected chi connectivity index (χ3v) is 10.9. The van der Waals surface area contributed by atoms with Gasteiger partial charge in [-0.25, -0.2) is 0 Å². The number of hydrogen-bond donors (Lipinski definition) is 0. The van der Waals surface area contributed by atoms with E-state index in [9.17, 15) is 0 Å². The molecule has 0 radical (unpaired) electrons. The highest BCUT2D eigenvalue weighted by molar-refractivity contribution is 6.05. The number of aromatic nitrogens is 1. The van der Waals surface area contributed by atoms with Crippen molar-refractivity contribution in [2.24, 2.45) is 7.05 Å². The molecule has 0 amide bonds. The summed E-state index contributed by atoms with van der Waals surface area (Å²) in [5, 5.41) is 1.28. The Labute approximate surface area is 300 Å². The summed E-state index contributed by atoms with van der Waals surface area (Å²) in [5.74, 6) is 0. The highest BCUT2D eigenvalue weighted by Crippen LogP contribution is 2.51. The molecule has 1 aromatic heterocycles. The van der Waals surface area contributed by atoms with Crippen LogP contribution >= 0.6 is 0 Å². The number of nitrogens with zero attached hydrogens (tertiary/aromatic N) is 2. The van der Waals surface area contributed by atoms with E-state index in [1.54, 1.807) is 0 Å². The molecule has 0 fully saturated rings. The molecule has 2 nitrogen and oxygen atoms in total. The second-order valence-corrected chi connectivity index (χ2v) is 14.4. The van der Waals surface area contributed by atoms with E-state index in [0.717, 1.165) is 17.1 Å². The normalized spacial score (nSPS) is 12.9. The fourth-order valence-corrected chi connectivity index (χ4v) is 8.27. The molecule has 1 heterocycles. The van der Waals surface area contributed by atoms with Gasteiger partial charge in [-0.3, -0.25) is 0 Å². The topological polar surface area (TPSA) is 8.17 Å². The quantitative estimate of drug-likeness (QED) is 0.173. The van der Waals surface area contributed by atoms with Crippen molar-refractivity contribution in [2.45, 2.75) is 26.2 Å². The van der Waals surface area contributed by atoms with E-state index < -0.39 is 0 Å². The molecule has 0 unspecified atom stereocenters. The summed E-state index contributed by atoms with van der Waals surface area (Å²) in [5.41, 5.74) is 18.6. The molecule has 8 aromatic rings. The second-order valence-electron chi connectivity index (χ2n) is 14.4. The van der Waals surface area contributed by atoms with Gasteiger partial charge in [-0.1, -0.05) is 141 Å². The molecule has 0 spiro atoms. The molecule has 51 heavy (non-hydrogen) atoms. The molecular weight excluding hydrogens is 617 g/mol. The van der Waals surface area contributed by atoms with Crippen molar-refractivity contribution in [3.05, 3.63) is 187 Å². The van der Waals surface area contributed by atoms with Crippen LogP contribution in [0.1, 0.15) is 30.5 Å². The molecule has 0 bridgehead atoms. The predicted octanol–water partition coefficient (Wildman–Crippen LogP) is 13.3. The fraction of sp³-hybridized carbons (Fsp3) is 0.102. The summed E-state index contributed by atoms with van der Waals surface area (Å²) in [6.45, 7) is 6.88. The van der Waals surface area contributed by atoms with E-state index >= 15 is 0 Å². The molecule has 7 aromatic carbocycles. The molecule has 9 rings (SSSR count). The van der Waals surface area contributed by atoms with Crippen LogP contribution in [0.25, 0.3) is 55.5 Å². The molecule has 246 valence electrons. The molecule has 1 aliphatic rings. The van der Waals surface area contributed by atoms with Gasteiger partial charge < -0.3 is 9.47 Å². The number of hydrogen-bond acceptors (Lipinski definition) is 1. The van der Waals surface area contributed by atoms with E-state index in [2.05, 4.69) is 207 Å². The van der Waals surface area contributed by atoms with Crippen LogP contribution in [0.15, 0.2) is 170 Å². The summed E-state index contributed by atoms with van der Waals surface area (Å²) in [4.78, 5) is 2.41. The molecule has 0 saturated heterocycles. The Morgan fingerprint density at radius 1 is 0.471 bits per heavy atom. The lowest BCUT2D eigenvalue weighted by Crippen LogP contribution is -2.16. The Hall–Kier alpha value is -6.12. The van der Waals surface area contributed by atoms with Gasteiger partial charge in [0, 0.05) is 46.0 Å². The summed E-state index contributed by atoms with van der Waals surface area (Å²) < 4.78 is 2.35. The number of fused-ring (bicyclic) bond motifs is 4. The first kappa shape index (κ1) is 30.9. The maximum Gasteiger partial charge on any atom is 0.0568 e. The van der Waals surface area contributed by atoms with Crippen molar-refractivity contribution in [2.75, 3.05) is 4.90 Å². The Morgan fingerprint density at radius 3 is 1.71 bits per heavy atom. The van der Waals surface area contributed by atoms with Crippen molar-refractivity contribution in [1.82, 2.24) is 4.57 Å². The number of aryl methyl sites for hydroxylation is 2. The van der Waals surface area contributed by atoms with Gasteiger partial charge in [-0.05, 0) is 100.0 Å². The first-order valence-corrected chi connectivity index (χ1v) is 17.8. The number of benzene rings is 7. The molecule has 0 atom stereocenters. The maximum atomic E-state index is 2.41. The van der Waals surface area contributed by atoms with Crippen molar-refractivity contribution in [3.8, 4) is 44.6 Å². The molecule has 0 saturated carbocycles. The first-order valence-electron chi connectivity index (χ1n) is 17.8. The van der Waals surface area contributed by atoms with Gasteiger partial charge in [0.25, 0.3) is 0 Å². The van der Waals surface area contributed by atoms with E-state index in [0.29, 0.717) is 0 Å². The van der Waals surface area contributed by atoms with Gasteiger partial charge in [0.15, 0.2) is 0 Å². The van der Waals surface area contributed by atoms with Crippen LogP contribution in [0.5, 0.6) is 0 Å². The van der Waals surface area contributed by atoms with E-state index in [1.807, 2.05) is 0 Å². The minimum Gasteiger partial charge on any atom is -0.343 e. The van der Waals surface area contributed by atoms with Crippen molar-refractivity contribution < 1.29 is 0 Å². The summed E-state index contributed by atoms with van der Waals surface area (Å²) in [6.07, 6.45) is 0. The molecule has 2 heteroatoms. The zero-order valence-electron chi connectivity index (χ0n) is 29.6. The largest absolute Gasteiger partial charge is 0.343 e. The highest BCUT2D eigenvalue weighted by atomic mass is 15.1. The lowest BCUT2D eigenvalue weighted by atomic mass is 9.82. The molecule has 1 aliphatic carbocycles. The lowest BCUT2D eigenvalue weighted by molar-refractivity contribution is 0.660. The van der Waals surface area contributed by atoms with Gasteiger partial charge in [0.2, 0.25) is 0 Å². The first-order chi connectivity index (χ1) is 24.9. The van der Waals surface area contributed by atoms with Crippen LogP contribution < -0.4 is 4.90 Å². The average molecular weight is 657 g/mol. The van der Waals surface area contributed by atoms with Crippen LogP contribution in [0.4, 0.5) is 17.1 Å².